The lowest BCUT2D eigenvalue weighted by atomic mass is 10.0. The molecule has 1 aromatic rings. The van der Waals surface area contributed by atoms with Gasteiger partial charge in [0, 0.05) is 11.3 Å². The molecular weight excluding hydrogens is 262 g/mol. The quantitative estimate of drug-likeness (QED) is 0.309. The number of hydrogen-bond donors (Lipinski definition) is 3. The number of thiophene rings is 1. The highest BCUT2D eigenvalue weighted by molar-refractivity contribution is 7.09. The van der Waals surface area contributed by atoms with Crippen LogP contribution in [0.5, 0.6) is 0 Å². The number of nitrogens with one attached hydrogen (secondary N) is 1. The van der Waals surface area contributed by atoms with Gasteiger partial charge in [-0.15, -0.1) is 11.3 Å². The van der Waals surface area contributed by atoms with Gasteiger partial charge in [0.25, 0.3) is 0 Å². The van der Waals surface area contributed by atoms with Crippen LogP contribution in [0.1, 0.15) is 31.6 Å². The van der Waals surface area contributed by atoms with Crippen molar-refractivity contribution in [3.63, 3.8) is 0 Å². The van der Waals surface area contributed by atoms with E-state index in [0.717, 1.165) is 12.8 Å². The number of carbonyl (C=O) groups is 1. The minimum Gasteiger partial charge on any atom is -0.409 e. The van der Waals surface area contributed by atoms with Crippen LogP contribution in [0.15, 0.2) is 22.7 Å². The van der Waals surface area contributed by atoms with Crippen molar-refractivity contribution in [1.29, 1.82) is 0 Å². The first-order valence-corrected chi connectivity index (χ1v) is 7.21. The second kappa shape index (κ2) is 7.78. The van der Waals surface area contributed by atoms with E-state index in [1.165, 1.54) is 4.88 Å². The molecule has 0 bridgehead atoms. The minimum atomic E-state index is -0.417. The van der Waals surface area contributed by atoms with Crippen LogP contribution < -0.4 is 11.1 Å². The van der Waals surface area contributed by atoms with Crippen molar-refractivity contribution in [2.24, 2.45) is 16.8 Å². The van der Waals surface area contributed by atoms with E-state index in [4.69, 9.17) is 10.9 Å². The van der Waals surface area contributed by atoms with Gasteiger partial charge >= 0.3 is 0 Å². The lowest BCUT2D eigenvalue weighted by Gasteiger charge is -2.20. The van der Waals surface area contributed by atoms with Crippen LogP contribution in [0.2, 0.25) is 0 Å². The third-order valence-corrected chi connectivity index (χ3v) is 3.76. The fourth-order valence-electron chi connectivity index (χ4n) is 1.77. The number of carbonyl (C=O) groups excluding carboxylic acids is 1. The standard InChI is InChI=1S/C13H21N3O2S/c1-9(2)12(13(14)16-18)15-11(17)7-3-5-10-6-4-8-19-10/h4,6,8-9,12,18H,3,5,7H2,1-2H3,(H2,14,16)(H,15,17). The van der Waals surface area contributed by atoms with Gasteiger partial charge in [0.05, 0.1) is 6.04 Å². The molecule has 4 N–H and O–H groups in total. The van der Waals surface area contributed by atoms with E-state index in [-0.39, 0.29) is 17.7 Å². The minimum absolute atomic E-state index is 0.0432. The maximum absolute atomic E-state index is 11.8. The van der Waals surface area contributed by atoms with Gasteiger partial charge in [-0.05, 0) is 30.2 Å². The van der Waals surface area contributed by atoms with Crippen molar-refractivity contribution in [3.05, 3.63) is 22.4 Å². The summed E-state index contributed by atoms with van der Waals surface area (Å²) < 4.78 is 0. The van der Waals surface area contributed by atoms with Crippen molar-refractivity contribution < 1.29 is 10.0 Å². The summed E-state index contributed by atoms with van der Waals surface area (Å²) in [5.74, 6) is 0.0561. The van der Waals surface area contributed by atoms with Crippen molar-refractivity contribution in [3.8, 4) is 0 Å². The number of aryl methyl sites for hydroxylation is 1. The maximum Gasteiger partial charge on any atom is 0.220 e. The van der Waals surface area contributed by atoms with Crippen molar-refractivity contribution in [1.82, 2.24) is 5.32 Å². The molecule has 1 atom stereocenters. The van der Waals surface area contributed by atoms with E-state index in [0.29, 0.717) is 6.42 Å². The molecule has 0 radical (unpaired) electrons. The molecule has 0 spiro atoms. The summed E-state index contributed by atoms with van der Waals surface area (Å²) in [4.78, 5) is 13.1. The number of amides is 1. The molecule has 1 unspecified atom stereocenters. The normalized spacial score (nSPS) is 13.5. The molecule has 106 valence electrons. The summed E-state index contributed by atoms with van der Waals surface area (Å²) in [6.07, 6.45) is 2.15. The predicted octanol–water partition coefficient (Wildman–Crippen LogP) is 1.96. The fraction of sp³-hybridized carbons (Fsp3) is 0.538. The topological polar surface area (TPSA) is 87.7 Å². The van der Waals surface area contributed by atoms with Gasteiger partial charge in [-0.1, -0.05) is 25.1 Å². The van der Waals surface area contributed by atoms with Gasteiger partial charge < -0.3 is 16.3 Å². The Hall–Kier alpha value is -1.56. The summed E-state index contributed by atoms with van der Waals surface area (Å²) in [7, 11) is 0. The first-order chi connectivity index (χ1) is 9.04. The predicted molar refractivity (Wildman–Crippen MR) is 77.4 cm³/mol. The molecule has 0 aliphatic rings. The molecule has 1 heterocycles. The SMILES string of the molecule is CC(C)C(NC(=O)CCCc1cccs1)C(N)=NO. The van der Waals surface area contributed by atoms with Crippen molar-refractivity contribution in [2.75, 3.05) is 0 Å². The number of nitrogens with zero attached hydrogens (tertiary/aromatic N) is 1. The molecule has 0 saturated carbocycles. The first kappa shape index (κ1) is 15.5. The maximum atomic E-state index is 11.8. The lowest BCUT2D eigenvalue weighted by molar-refractivity contribution is -0.121. The van der Waals surface area contributed by atoms with Gasteiger partial charge in [-0.25, -0.2) is 0 Å². The Bertz CT molecular complexity index is 416. The van der Waals surface area contributed by atoms with Crippen LogP contribution in [0.25, 0.3) is 0 Å². The zero-order valence-corrected chi connectivity index (χ0v) is 12.1. The van der Waals surface area contributed by atoms with Crippen LogP contribution in [0.3, 0.4) is 0 Å². The summed E-state index contributed by atoms with van der Waals surface area (Å²) >= 11 is 1.70. The Kier molecular flexibility index (Phi) is 6.35. The van der Waals surface area contributed by atoms with Crippen LogP contribution >= 0.6 is 11.3 Å². The first-order valence-electron chi connectivity index (χ1n) is 6.33. The number of nitrogens with two attached hydrogens (primary N) is 1. The number of amidine groups is 1. The molecule has 0 aliphatic heterocycles. The Morgan fingerprint density at radius 2 is 2.32 bits per heavy atom. The molecule has 5 nitrogen and oxygen atoms in total. The van der Waals surface area contributed by atoms with Gasteiger partial charge in [0.15, 0.2) is 5.84 Å². The smallest absolute Gasteiger partial charge is 0.220 e. The van der Waals surface area contributed by atoms with E-state index in [9.17, 15) is 4.79 Å². The van der Waals surface area contributed by atoms with Crippen LogP contribution in [0.4, 0.5) is 0 Å². The molecule has 0 aliphatic carbocycles. The molecule has 1 amide bonds. The number of rotatable bonds is 7. The third kappa shape index (κ3) is 5.30. The summed E-state index contributed by atoms with van der Waals surface area (Å²) in [6.45, 7) is 3.82. The Labute approximate surface area is 117 Å². The number of hydrogen-bond acceptors (Lipinski definition) is 4. The molecule has 1 rings (SSSR count). The molecule has 19 heavy (non-hydrogen) atoms. The highest BCUT2D eigenvalue weighted by Crippen LogP contribution is 2.12. The average molecular weight is 283 g/mol. The third-order valence-electron chi connectivity index (χ3n) is 2.82. The largest absolute Gasteiger partial charge is 0.409 e. The van der Waals surface area contributed by atoms with Gasteiger partial charge in [0.2, 0.25) is 5.91 Å². The highest BCUT2D eigenvalue weighted by Gasteiger charge is 2.20. The van der Waals surface area contributed by atoms with Crippen molar-refractivity contribution in [2.45, 2.75) is 39.2 Å². The summed E-state index contributed by atoms with van der Waals surface area (Å²) in [5.41, 5.74) is 5.56. The van der Waals surface area contributed by atoms with Gasteiger partial charge in [-0.3, -0.25) is 4.79 Å². The Balaban J connectivity index is 2.36. The molecule has 0 saturated heterocycles. The van der Waals surface area contributed by atoms with Crippen molar-refractivity contribution >= 4 is 23.1 Å². The summed E-state index contributed by atoms with van der Waals surface area (Å²) in [5, 5.41) is 16.5. The number of oxime groups is 1. The Morgan fingerprint density at radius 3 is 2.84 bits per heavy atom. The second-order valence-corrected chi connectivity index (χ2v) is 5.78. The second-order valence-electron chi connectivity index (χ2n) is 4.75. The Morgan fingerprint density at radius 1 is 1.58 bits per heavy atom. The van der Waals surface area contributed by atoms with Gasteiger partial charge in [-0.2, -0.15) is 0 Å². The van der Waals surface area contributed by atoms with Gasteiger partial charge in [0.1, 0.15) is 0 Å². The van der Waals surface area contributed by atoms with E-state index in [2.05, 4.69) is 16.5 Å². The van der Waals surface area contributed by atoms with Crippen LogP contribution in [-0.4, -0.2) is 23.0 Å². The molecular formula is C13H21N3O2S. The molecule has 6 heteroatoms. The van der Waals surface area contributed by atoms with E-state index in [1.807, 2.05) is 25.3 Å². The molecule has 0 fully saturated rings. The van der Waals surface area contributed by atoms with E-state index in [1.54, 1.807) is 11.3 Å². The van der Waals surface area contributed by atoms with Crippen LogP contribution in [-0.2, 0) is 11.2 Å². The average Bonchev–Trinajstić information content (AvgIpc) is 2.87. The monoisotopic (exact) mass is 283 g/mol. The fourth-order valence-corrected chi connectivity index (χ4v) is 2.52. The summed E-state index contributed by atoms with van der Waals surface area (Å²) in [6, 6.07) is 3.66. The molecule has 1 aromatic heterocycles. The lowest BCUT2D eigenvalue weighted by Crippen LogP contribution is -2.47. The van der Waals surface area contributed by atoms with Crippen LogP contribution in [0, 0.1) is 5.92 Å². The van der Waals surface area contributed by atoms with E-state index < -0.39 is 6.04 Å². The van der Waals surface area contributed by atoms with E-state index >= 15 is 0 Å². The highest BCUT2D eigenvalue weighted by atomic mass is 32.1. The zero-order chi connectivity index (χ0) is 14.3. The zero-order valence-electron chi connectivity index (χ0n) is 11.3. The molecule has 0 aromatic carbocycles.